The van der Waals surface area contributed by atoms with Crippen molar-refractivity contribution in [3.05, 3.63) is 58.7 Å². The van der Waals surface area contributed by atoms with Gasteiger partial charge in [0.2, 0.25) is 0 Å². The van der Waals surface area contributed by atoms with Gasteiger partial charge in [-0.2, -0.15) is 0 Å². The Labute approximate surface area is 178 Å². The first-order valence-corrected chi connectivity index (χ1v) is 10.3. The normalized spacial score (nSPS) is 14.3. The van der Waals surface area contributed by atoms with E-state index < -0.39 is 0 Å². The lowest BCUT2D eigenvalue weighted by atomic mass is 10.0. The third-order valence-corrected chi connectivity index (χ3v) is 5.71. The highest BCUT2D eigenvalue weighted by molar-refractivity contribution is 5.97. The van der Waals surface area contributed by atoms with Crippen molar-refractivity contribution in [2.45, 2.75) is 39.7 Å². The lowest BCUT2D eigenvalue weighted by molar-refractivity contribution is -0.124. The number of carbonyl (C=O) groups excluding carboxylic acids is 2. The molecule has 1 fully saturated rings. The number of hydrogen-bond acceptors (Lipinski definition) is 4. The van der Waals surface area contributed by atoms with E-state index in [1.807, 2.05) is 43.9 Å². The Hall–Kier alpha value is -3.02. The standard InChI is InChI=1S/C24H30N2O4/c1-16-9-10-17(2)23(18(16)3)30-15-22(27)25-19-11-13-26(14-12-19)24(28)20-7-5-6-8-21(20)29-4/h5-10,19H,11-15H2,1-4H3,(H,25,27). The molecule has 0 aliphatic carbocycles. The van der Waals surface area contributed by atoms with Gasteiger partial charge in [-0.05, 0) is 62.4 Å². The number of benzene rings is 2. The van der Waals surface area contributed by atoms with Crippen LogP contribution in [-0.4, -0.2) is 49.6 Å². The predicted molar refractivity (Wildman–Crippen MR) is 116 cm³/mol. The van der Waals surface area contributed by atoms with Crippen LogP contribution in [0.5, 0.6) is 11.5 Å². The Bertz CT molecular complexity index is 917. The van der Waals surface area contributed by atoms with E-state index in [-0.39, 0.29) is 24.5 Å². The van der Waals surface area contributed by atoms with E-state index in [1.54, 1.807) is 19.2 Å². The molecule has 2 aromatic rings. The summed E-state index contributed by atoms with van der Waals surface area (Å²) in [5.74, 6) is 1.19. The zero-order chi connectivity index (χ0) is 21.7. The first kappa shape index (κ1) is 21.7. The minimum Gasteiger partial charge on any atom is -0.496 e. The highest BCUT2D eigenvalue weighted by Crippen LogP contribution is 2.26. The first-order chi connectivity index (χ1) is 14.4. The van der Waals surface area contributed by atoms with E-state index in [4.69, 9.17) is 9.47 Å². The summed E-state index contributed by atoms with van der Waals surface area (Å²) in [6.45, 7) is 7.20. The second kappa shape index (κ2) is 9.65. The van der Waals surface area contributed by atoms with Gasteiger partial charge in [-0.15, -0.1) is 0 Å². The van der Waals surface area contributed by atoms with Crippen LogP contribution >= 0.6 is 0 Å². The molecule has 0 atom stereocenters. The number of nitrogens with one attached hydrogen (secondary N) is 1. The fourth-order valence-electron chi connectivity index (χ4n) is 3.77. The number of para-hydroxylation sites is 1. The molecule has 3 rings (SSSR count). The molecule has 160 valence electrons. The van der Waals surface area contributed by atoms with Gasteiger partial charge in [-0.25, -0.2) is 0 Å². The molecule has 0 unspecified atom stereocenters. The second-order valence-corrected chi connectivity index (χ2v) is 7.78. The van der Waals surface area contributed by atoms with Gasteiger partial charge < -0.3 is 19.7 Å². The number of likely N-dealkylation sites (tertiary alicyclic amines) is 1. The summed E-state index contributed by atoms with van der Waals surface area (Å²) in [6.07, 6.45) is 1.43. The number of nitrogens with zero attached hydrogens (tertiary/aromatic N) is 1. The maximum atomic E-state index is 12.8. The van der Waals surface area contributed by atoms with Crippen LogP contribution in [0.15, 0.2) is 36.4 Å². The number of amides is 2. The average molecular weight is 411 g/mol. The summed E-state index contributed by atoms with van der Waals surface area (Å²) >= 11 is 0. The Morgan fingerprint density at radius 2 is 1.70 bits per heavy atom. The number of aryl methyl sites for hydroxylation is 2. The lowest BCUT2D eigenvalue weighted by Crippen LogP contribution is -2.47. The molecule has 1 N–H and O–H groups in total. The maximum Gasteiger partial charge on any atom is 0.258 e. The maximum absolute atomic E-state index is 12.8. The van der Waals surface area contributed by atoms with Crippen molar-refractivity contribution in [2.75, 3.05) is 26.8 Å². The van der Waals surface area contributed by atoms with E-state index in [0.29, 0.717) is 24.4 Å². The molecule has 2 aromatic carbocycles. The lowest BCUT2D eigenvalue weighted by Gasteiger charge is -2.32. The topological polar surface area (TPSA) is 67.9 Å². The van der Waals surface area contributed by atoms with Crippen molar-refractivity contribution in [3.8, 4) is 11.5 Å². The van der Waals surface area contributed by atoms with Crippen molar-refractivity contribution in [2.24, 2.45) is 0 Å². The number of carbonyl (C=O) groups is 2. The summed E-state index contributed by atoms with van der Waals surface area (Å²) in [5.41, 5.74) is 3.79. The summed E-state index contributed by atoms with van der Waals surface area (Å²) in [6, 6.07) is 11.4. The highest BCUT2D eigenvalue weighted by atomic mass is 16.5. The van der Waals surface area contributed by atoms with Crippen molar-refractivity contribution in [3.63, 3.8) is 0 Å². The molecule has 0 aromatic heterocycles. The van der Waals surface area contributed by atoms with Crippen molar-refractivity contribution >= 4 is 11.8 Å². The van der Waals surface area contributed by atoms with Crippen LogP contribution in [0, 0.1) is 20.8 Å². The largest absolute Gasteiger partial charge is 0.496 e. The molecule has 0 bridgehead atoms. The summed E-state index contributed by atoms with van der Waals surface area (Å²) in [5, 5.41) is 3.04. The predicted octanol–water partition coefficient (Wildman–Crippen LogP) is 3.42. The Kier molecular flexibility index (Phi) is 6.98. The molecule has 1 heterocycles. The number of ether oxygens (including phenoxy) is 2. The van der Waals surface area contributed by atoms with E-state index in [2.05, 4.69) is 11.4 Å². The molecule has 0 radical (unpaired) electrons. The summed E-state index contributed by atoms with van der Waals surface area (Å²) in [4.78, 5) is 27.0. The Morgan fingerprint density at radius 1 is 1.03 bits per heavy atom. The van der Waals surface area contributed by atoms with Gasteiger partial charge in [0.15, 0.2) is 6.61 Å². The molecule has 6 heteroatoms. The van der Waals surface area contributed by atoms with E-state index in [1.165, 1.54) is 0 Å². The van der Waals surface area contributed by atoms with E-state index in [0.717, 1.165) is 35.3 Å². The SMILES string of the molecule is COc1ccccc1C(=O)N1CCC(NC(=O)COc2c(C)ccc(C)c2C)CC1. The van der Waals surface area contributed by atoms with E-state index >= 15 is 0 Å². The summed E-state index contributed by atoms with van der Waals surface area (Å²) in [7, 11) is 1.57. The monoisotopic (exact) mass is 410 g/mol. The van der Waals surface area contributed by atoms with Crippen LogP contribution in [0.3, 0.4) is 0 Å². The minimum atomic E-state index is -0.134. The Morgan fingerprint density at radius 3 is 2.40 bits per heavy atom. The molecule has 0 saturated carbocycles. The zero-order valence-corrected chi connectivity index (χ0v) is 18.2. The van der Waals surface area contributed by atoms with Crippen LogP contribution < -0.4 is 14.8 Å². The van der Waals surface area contributed by atoms with Crippen LogP contribution in [0.1, 0.15) is 39.9 Å². The van der Waals surface area contributed by atoms with E-state index in [9.17, 15) is 9.59 Å². The molecular formula is C24H30N2O4. The quantitative estimate of drug-likeness (QED) is 0.792. The fraction of sp³-hybridized carbons (Fsp3) is 0.417. The molecule has 1 aliphatic rings. The number of rotatable bonds is 6. The number of methoxy groups -OCH3 is 1. The van der Waals surface area contributed by atoms with Crippen molar-refractivity contribution in [1.82, 2.24) is 10.2 Å². The number of piperidine rings is 1. The highest BCUT2D eigenvalue weighted by Gasteiger charge is 2.26. The first-order valence-electron chi connectivity index (χ1n) is 10.3. The van der Waals surface area contributed by atoms with Gasteiger partial charge in [0, 0.05) is 19.1 Å². The third-order valence-electron chi connectivity index (χ3n) is 5.71. The van der Waals surface area contributed by atoms with Gasteiger partial charge >= 0.3 is 0 Å². The molecule has 1 aliphatic heterocycles. The van der Waals surface area contributed by atoms with Crippen LogP contribution in [0.4, 0.5) is 0 Å². The molecular weight excluding hydrogens is 380 g/mol. The zero-order valence-electron chi connectivity index (χ0n) is 18.2. The smallest absolute Gasteiger partial charge is 0.258 e. The molecule has 30 heavy (non-hydrogen) atoms. The molecule has 0 spiro atoms. The number of hydrogen-bond donors (Lipinski definition) is 1. The minimum absolute atomic E-state index is 0.00844. The van der Waals surface area contributed by atoms with Gasteiger partial charge in [0.05, 0.1) is 12.7 Å². The molecule has 2 amide bonds. The Balaban J connectivity index is 1.49. The summed E-state index contributed by atoms with van der Waals surface area (Å²) < 4.78 is 11.1. The van der Waals surface area contributed by atoms with Crippen LogP contribution in [-0.2, 0) is 4.79 Å². The van der Waals surface area contributed by atoms with Gasteiger partial charge in [-0.1, -0.05) is 24.3 Å². The van der Waals surface area contributed by atoms with Gasteiger partial charge in [0.1, 0.15) is 11.5 Å². The molecule has 1 saturated heterocycles. The fourth-order valence-corrected chi connectivity index (χ4v) is 3.77. The van der Waals surface area contributed by atoms with Crippen LogP contribution in [0.2, 0.25) is 0 Å². The second-order valence-electron chi connectivity index (χ2n) is 7.78. The van der Waals surface area contributed by atoms with Crippen molar-refractivity contribution in [1.29, 1.82) is 0 Å². The molecule has 6 nitrogen and oxygen atoms in total. The van der Waals surface area contributed by atoms with Crippen LogP contribution in [0.25, 0.3) is 0 Å². The van der Waals surface area contributed by atoms with Crippen molar-refractivity contribution < 1.29 is 19.1 Å². The van der Waals surface area contributed by atoms with Gasteiger partial charge in [0.25, 0.3) is 11.8 Å². The third kappa shape index (κ3) is 4.93. The van der Waals surface area contributed by atoms with Gasteiger partial charge in [-0.3, -0.25) is 9.59 Å². The average Bonchev–Trinajstić information content (AvgIpc) is 2.76.